The van der Waals surface area contributed by atoms with Crippen LogP contribution in [0.2, 0.25) is 0 Å². The first-order valence-corrected chi connectivity index (χ1v) is 7.79. The first-order chi connectivity index (χ1) is 9.31. The summed E-state index contributed by atoms with van der Waals surface area (Å²) in [5, 5.41) is 13.0. The van der Waals surface area contributed by atoms with Gasteiger partial charge in [-0.15, -0.1) is 0 Å². The fourth-order valence-corrected chi connectivity index (χ4v) is 3.86. The van der Waals surface area contributed by atoms with Crippen LogP contribution in [-0.2, 0) is 0 Å². The third kappa shape index (κ3) is 2.37. The van der Waals surface area contributed by atoms with E-state index in [1.807, 2.05) is 12.1 Å². The molecule has 2 aliphatic heterocycles. The third-order valence-electron chi connectivity index (χ3n) is 4.27. The van der Waals surface area contributed by atoms with Crippen molar-refractivity contribution in [3.05, 3.63) is 28.2 Å². The summed E-state index contributed by atoms with van der Waals surface area (Å²) in [5.41, 5.74) is 1.86. The number of nitriles is 1. The lowest BCUT2D eigenvalue weighted by Gasteiger charge is -2.32. The van der Waals surface area contributed by atoms with Crippen LogP contribution in [0.5, 0.6) is 0 Å². The molecule has 2 saturated heterocycles. The zero-order chi connectivity index (χ0) is 13.2. The first-order valence-electron chi connectivity index (χ1n) is 7.00. The molecule has 2 heterocycles. The monoisotopic (exact) mass is 319 g/mol. The smallest absolute Gasteiger partial charge is 0.103 e. The fraction of sp³-hybridized carbons (Fsp3) is 0.533. The quantitative estimate of drug-likeness (QED) is 0.910. The van der Waals surface area contributed by atoms with Crippen molar-refractivity contribution in [3.63, 3.8) is 0 Å². The van der Waals surface area contributed by atoms with Crippen molar-refractivity contribution in [1.82, 2.24) is 5.32 Å². The lowest BCUT2D eigenvalue weighted by atomic mass is 10.0. The van der Waals surface area contributed by atoms with Gasteiger partial charge in [0.15, 0.2) is 0 Å². The minimum Gasteiger partial charge on any atom is -0.366 e. The summed E-state index contributed by atoms with van der Waals surface area (Å²) in [6, 6.07) is 9.53. The Morgan fingerprint density at radius 2 is 2.21 bits per heavy atom. The summed E-state index contributed by atoms with van der Waals surface area (Å²) in [6.07, 6.45) is 4.99. The van der Waals surface area contributed by atoms with E-state index < -0.39 is 0 Å². The second kappa shape index (κ2) is 5.52. The van der Waals surface area contributed by atoms with Gasteiger partial charge in [0.25, 0.3) is 0 Å². The van der Waals surface area contributed by atoms with E-state index in [1.54, 1.807) is 0 Å². The van der Waals surface area contributed by atoms with E-state index in [9.17, 15) is 5.26 Å². The summed E-state index contributed by atoms with van der Waals surface area (Å²) in [6.45, 7) is 2.20. The van der Waals surface area contributed by atoms with Crippen molar-refractivity contribution in [1.29, 1.82) is 5.26 Å². The molecule has 2 aliphatic rings. The summed E-state index contributed by atoms with van der Waals surface area (Å²) in [5.74, 6) is 0. The lowest BCUT2D eigenvalue weighted by molar-refractivity contribution is 0.482. The zero-order valence-corrected chi connectivity index (χ0v) is 12.5. The van der Waals surface area contributed by atoms with Gasteiger partial charge in [-0.05, 0) is 60.3 Å². The Morgan fingerprint density at radius 1 is 1.32 bits per heavy atom. The summed E-state index contributed by atoms with van der Waals surface area (Å²) >= 11 is 3.49. The van der Waals surface area contributed by atoms with Crippen LogP contribution in [0, 0.1) is 11.3 Å². The molecule has 0 bridgehead atoms. The molecule has 0 aliphatic carbocycles. The zero-order valence-electron chi connectivity index (χ0n) is 10.9. The molecule has 0 aromatic heterocycles. The van der Waals surface area contributed by atoms with Crippen molar-refractivity contribution in [2.45, 2.75) is 37.8 Å². The minimum absolute atomic E-state index is 0.545. The summed E-state index contributed by atoms with van der Waals surface area (Å²) in [7, 11) is 0. The highest BCUT2D eigenvalue weighted by atomic mass is 79.9. The van der Waals surface area contributed by atoms with Gasteiger partial charge in [-0.3, -0.25) is 0 Å². The minimum atomic E-state index is 0.545. The second-order valence-corrected chi connectivity index (χ2v) is 6.21. The molecule has 0 amide bonds. The molecular formula is C15H18BrN3. The fourth-order valence-electron chi connectivity index (χ4n) is 3.41. The Bertz CT molecular complexity index is 503. The summed E-state index contributed by atoms with van der Waals surface area (Å²) in [4.78, 5) is 2.44. The third-order valence-corrected chi connectivity index (χ3v) is 4.94. The molecule has 0 saturated carbocycles. The summed E-state index contributed by atoms with van der Waals surface area (Å²) < 4.78 is 0.900. The highest BCUT2D eigenvalue weighted by molar-refractivity contribution is 9.10. The number of hydrogen-bond donors (Lipinski definition) is 1. The van der Waals surface area contributed by atoms with Crippen LogP contribution in [0.25, 0.3) is 0 Å². The maximum atomic E-state index is 9.39. The molecule has 100 valence electrons. The van der Waals surface area contributed by atoms with Crippen molar-refractivity contribution in [2.75, 3.05) is 18.0 Å². The Balaban J connectivity index is 1.92. The molecule has 4 heteroatoms. The number of nitrogens with one attached hydrogen (secondary N) is 1. The number of benzene rings is 1. The number of rotatable bonds is 2. The maximum absolute atomic E-state index is 9.39. The van der Waals surface area contributed by atoms with Gasteiger partial charge in [-0.25, -0.2) is 0 Å². The lowest BCUT2D eigenvalue weighted by Crippen LogP contribution is -2.44. The number of anilines is 1. The van der Waals surface area contributed by atoms with Crippen LogP contribution in [0.4, 0.5) is 5.69 Å². The number of hydrogen-bond acceptors (Lipinski definition) is 3. The van der Waals surface area contributed by atoms with E-state index in [4.69, 9.17) is 0 Å². The molecule has 2 atom stereocenters. The van der Waals surface area contributed by atoms with E-state index in [2.05, 4.69) is 38.3 Å². The van der Waals surface area contributed by atoms with Crippen molar-refractivity contribution < 1.29 is 0 Å². The second-order valence-electron chi connectivity index (χ2n) is 5.35. The standard InChI is InChI=1S/C15H18BrN3/c16-12-4-1-6-14(11(12)10-17)19-9-3-7-15(19)13-5-2-8-18-13/h1,4,6,13,15,18H,2-3,5,7-9H2. The molecule has 1 aromatic rings. The Hall–Kier alpha value is -1.05. The van der Waals surface area contributed by atoms with Gasteiger partial charge in [-0.2, -0.15) is 5.26 Å². The Morgan fingerprint density at radius 3 is 2.95 bits per heavy atom. The first kappa shape index (κ1) is 13.0. The van der Waals surface area contributed by atoms with Gasteiger partial charge < -0.3 is 10.2 Å². The van der Waals surface area contributed by atoms with Gasteiger partial charge in [-0.1, -0.05) is 6.07 Å². The predicted octanol–water partition coefficient (Wildman–Crippen LogP) is 3.04. The normalized spacial score (nSPS) is 26.6. The van der Waals surface area contributed by atoms with Crippen molar-refractivity contribution >= 4 is 21.6 Å². The van der Waals surface area contributed by atoms with Crippen LogP contribution in [-0.4, -0.2) is 25.2 Å². The van der Waals surface area contributed by atoms with Gasteiger partial charge in [0.2, 0.25) is 0 Å². The van der Waals surface area contributed by atoms with E-state index in [0.717, 1.165) is 28.8 Å². The molecule has 19 heavy (non-hydrogen) atoms. The highest BCUT2D eigenvalue weighted by Crippen LogP contribution is 2.34. The van der Waals surface area contributed by atoms with Gasteiger partial charge in [0, 0.05) is 23.1 Å². The molecule has 2 unspecified atom stereocenters. The number of halogens is 1. The Labute approximate surface area is 122 Å². The van der Waals surface area contributed by atoms with Crippen LogP contribution >= 0.6 is 15.9 Å². The SMILES string of the molecule is N#Cc1c(Br)cccc1N1CCCC1C1CCCN1. The average molecular weight is 320 g/mol. The molecule has 0 radical (unpaired) electrons. The van der Waals surface area contributed by atoms with E-state index in [1.165, 1.54) is 25.7 Å². The average Bonchev–Trinajstić information content (AvgIpc) is 3.09. The Kier molecular flexibility index (Phi) is 3.76. The van der Waals surface area contributed by atoms with Crippen LogP contribution in [0.15, 0.2) is 22.7 Å². The molecule has 1 N–H and O–H groups in total. The highest BCUT2D eigenvalue weighted by Gasteiger charge is 2.34. The molecular weight excluding hydrogens is 302 g/mol. The van der Waals surface area contributed by atoms with Crippen molar-refractivity contribution in [2.24, 2.45) is 0 Å². The van der Waals surface area contributed by atoms with Crippen molar-refractivity contribution in [3.8, 4) is 6.07 Å². The largest absolute Gasteiger partial charge is 0.366 e. The van der Waals surface area contributed by atoms with Gasteiger partial charge in [0.1, 0.15) is 6.07 Å². The van der Waals surface area contributed by atoms with E-state index in [-0.39, 0.29) is 0 Å². The maximum Gasteiger partial charge on any atom is 0.103 e. The van der Waals surface area contributed by atoms with E-state index in [0.29, 0.717) is 12.1 Å². The van der Waals surface area contributed by atoms with Crippen LogP contribution in [0.3, 0.4) is 0 Å². The topological polar surface area (TPSA) is 39.1 Å². The molecule has 3 rings (SSSR count). The molecule has 1 aromatic carbocycles. The molecule has 2 fully saturated rings. The van der Waals surface area contributed by atoms with Crippen LogP contribution < -0.4 is 10.2 Å². The molecule has 3 nitrogen and oxygen atoms in total. The van der Waals surface area contributed by atoms with Gasteiger partial charge >= 0.3 is 0 Å². The van der Waals surface area contributed by atoms with Crippen LogP contribution in [0.1, 0.15) is 31.2 Å². The molecule has 0 spiro atoms. The number of nitrogens with zero attached hydrogens (tertiary/aromatic N) is 2. The predicted molar refractivity (Wildman–Crippen MR) is 80.2 cm³/mol. The van der Waals surface area contributed by atoms with Gasteiger partial charge in [0.05, 0.1) is 11.3 Å². The van der Waals surface area contributed by atoms with E-state index >= 15 is 0 Å².